The maximum Gasteiger partial charge on any atom is 0.264 e. The van der Waals surface area contributed by atoms with Gasteiger partial charge in [0.1, 0.15) is 12.6 Å². The van der Waals surface area contributed by atoms with Crippen molar-refractivity contribution in [2.45, 2.75) is 51.1 Å². The quantitative estimate of drug-likeness (QED) is 0.312. The number of nitrogens with zero attached hydrogens (tertiary/aromatic N) is 2. The van der Waals surface area contributed by atoms with Gasteiger partial charge in [-0.1, -0.05) is 73.0 Å². The molecule has 0 saturated heterocycles. The fourth-order valence-electron chi connectivity index (χ4n) is 3.86. The normalized spacial score (nSPS) is 12.0. The minimum atomic E-state index is -4.10. The zero-order valence-electron chi connectivity index (χ0n) is 21.9. The molecule has 3 aromatic rings. The van der Waals surface area contributed by atoms with Gasteiger partial charge in [-0.15, -0.1) is 0 Å². The predicted octanol–water partition coefficient (Wildman–Crippen LogP) is 5.18. The van der Waals surface area contributed by atoms with Crippen molar-refractivity contribution >= 4 is 39.1 Å². The van der Waals surface area contributed by atoms with Crippen molar-refractivity contribution in [3.05, 3.63) is 95.0 Å². The molecule has 3 rings (SSSR count). The van der Waals surface area contributed by atoms with Gasteiger partial charge in [0.2, 0.25) is 11.8 Å². The molecular weight excluding hydrogens is 522 g/mol. The first-order valence-corrected chi connectivity index (χ1v) is 14.4. The van der Waals surface area contributed by atoms with Crippen LogP contribution in [0.1, 0.15) is 37.8 Å². The second kappa shape index (κ2) is 13.4. The number of unbranched alkanes of at least 4 members (excludes halogenated alkanes) is 1. The largest absolute Gasteiger partial charge is 0.354 e. The number of benzene rings is 3. The van der Waals surface area contributed by atoms with E-state index >= 15 is 0 Å². The molecule has 0 aliphatic rings. The standard InChI is InChI=1S/C29H34ClN3O4S/c1-4-5-19-31-29(35)23(3)32(20-24-13-11-22(2)12-14-24)28(34)21-33(26-17-15-25(30)16-18-26)38(36,37)27-9-7-6-8-10-27/h6-18,23H,4-5,19-21H2,1-3H3,(H,31,35)/t23-/m0/s1. The maximum atomic E-state index is 13.8. The lowest BCUT2D eigenvalue weighted by Gasteiger charge is -2.32. The second-order valence-corrected chi connectivity index (χ2v) is 11.4. The molecule has 0 saturated carbocycles. The Morgan fingerprint density at radius 1 is 0.947 bits per heavy atom. The molecule has 0 aliphatic carbocycles. The topological polar surface area (TPSA) is 86.8 Å². The van der Waals surface area contributed by atoms with Gasteiger partial charge in [0, 0.05) is 18.1 Å². The lowest BCUT2D eigenvalue weighted by Crippen LogP contribution is -2.51. The molecule has 202 valence electrons. The monoisotopic (exact) mass is 555 g/mol. The molecule has 0 aromatic heterocycles. The van der Waals surface area contributed by atoms with Crippen LogP contribution in [0.5, 0.6) is 0 Å². The SMILES string of the molecule is CCCCNC(=O)[C@H](C)N(Cc1ccc(C)cc1)C(=O)CN(c1ccc(Cl)cc1)S(=O)(=O)c1ccccc1. The smallest absolute Gasteiger partial charge is 0.264 e. The van der Waals surface area contributed by atoms with Crippen LogP contribution < -0.4 is 9.62 Å². The first kappa shape index (κ1) is 29.2. The minimum absolute atomic E-state index is 0.0539. The highest BCUT2D eigenvalue weighted by atomic mass is 35.5. The Labute approximate surface area is 230 Å². The molecule has 1 atom stereocenters. The number of amides is 2. The van der Waals surface area contributed by atoms with E-state index in [1.165, 1.54) is 17.0 Å². The van der Waals surface area contributed by atoms with Crippen LogP contribution in [-0.2, 0) is 26.2 Å². The first-order chi connectivity index (χ1) is 18.1. The summed E-state index contributed by atoms with van der Waals surface area (Å²) in [6.45, 7) is 5.83. The van der Waals surface area contributed by atoms with Gasteiger partial charge in [0.05, 0.1) is 10.6 Å². The summed E-state index contributed by atoms with van der Waals surface area (Å²) in [5.74, 6) is -0.791. The highest BCUT2D eigenvalue weighted by molar-refractivity contribution is 7.92. The number of carbonyl (C=O) groups is 2. The van der Waals surface area contributed by atoms with E-state index in [0.29, 0.717) is 17.3 Å². The zero-order valence-corrected chi connectivity index (χ0v) is 23.5. The Morgan fingerprint density at radius 3 is 2.18 bits per heavy atom. The number of carbonyl (C=O) groups excluding carboxylic acids is 2. The molecule has 0 unspecified atom stereocenters. The summed E-state index contributed by atoms with van der Waals surface area (Å²) in [5, 5.41) is 3.32. The molecule has 0 fully saturated rings. The summed E-state index contributed by atoms with van der Waals surface area (Å²) in [5.41, 5.74) is 2.20. The van der Waals surface area contributed by atoms with E-state index in [2.05, 4.69) is 5.32 Å². The number of anilines is 1. The van der Waals surface area contributed by atoms with Crippen molar-refractivity contribution in [2.75, 3.05) is 17.4 Å². The first-order valence-electron chi connectivity index (χ1n) is 12.6. The van der Waals surface area contributed by atoms with Gasteiger partial charge >= 0.3 is 0 Å². The third kappa shape index (κ3) is 7.58. The van der Waals surface area contributed by atoms with Crippen molar-refractivity contribution in [3.8, 4) is 0 Å². The Morgan fingerprint density at radius 2 is 1.58 bits per heavy atom. The third-order valence-electron chi connectivity index (χ3n) is 6.20. The minimum Gasteiger partial charge on any atom is -0.354 e. The molecule has 9 heteroatoms. The lowest BCUT2D eigenvalue weighted by atomic mass is 10.1. The average Bonchev–Trinajstić information content (AvgIpc) is 2.92. The lowest BCUT2D eigenvalue weighted by molar-refractivity contribution is -0.139. The summed E-state index contributed by atoms with van der Waals surface area (Å²) in [7, 11) is -4.10. The van der Waals surface area contributed by atoms with E-state index < -0.39 is 28.5 Å². The molecule has 7 nitrogen and oxygen atoms in total. The number of aryl methyl sites for hydroxylation is 1. The summed E-state index contributed by atoms with van der Waals surface area (Å²) in [4.78, 5) is 28.3. The van der Waals surface area contributed by atoms with Crippen LogP contribution in [0, 0.1) is 6.92 Å². The van der Waals surface area contributed by atoms with Gasteiger partial charge < -0.3 is 10.2 Å². The molecule has 2 amide bonds. The van der Waals surface area contributed by atoms with Crippen LogP contribution >= 0.6 is 11.6 Å². The maximum absolute atomic E-state index is 13.8. The highest BCUT2D eigenvalue weighted by Crippen LogP contribution is 2.26. The number of sulfonamides is 1. The summed E-state index contributed by atoms with van der Waals surface area (Å²) in [6, 6.07) is 21.0. The predicted molar refractivity (Wildman–Crippen MR) is 152 cm³/mol. The van der Waals surface area contributed by atoms with Crippen LogP contribution in [0.2, 0.25) is 5.02 Å². The highest BCUT2D eigenvalue weighted by Gasteiger charge is 2.32. The van der Waals surface area contributed by atoms with Crippen molar-refractivity contribution in [1.82, 2.24) is 10.2 Å². The van der Waals surface area contributed by atoms with Crippen molar-refractivity contribution < 1.29 is 18.0 Å². The van der Waals surface area contributed by atoms with Gasteiger partial charge in [-0.05, 0) is 62.2 Å². The van der Waals surface area contributed by atoms with Crippen molar-refractivity contribution in [2.24, 2.45) is 0 Å². The number of halogens is 1. The molecule has 3 aromatic carbocycles. The Bertz CT molecular complexity index is 1310. The van der Waals surface area contributed by atoms with E-state index in [4.69, 9.17) is 11.6 Å². The Balaban J connectivity index is 1.97. The molecule has 0 bridgehead atoms. The molecule has 0 spiro atoms. The van der Waals surface area contributed by atoms with Gasteiger partial charge in [0.25, 0.3) is 10.0 Å². The Hall–Kier alpha value is -3.36. The van der Waals surface area contributed by atoms with E-state index in [1.54, 1.807) is 49.4 Å². The third-order valence-corrected chi connectivity index (χ3v) is 8.24. The van der Waals surface area contributed by atoms with Crippen LogP contribution in [0.4, 0.5) is 5.69 Å². The van der Waals surface area contributed by atoms with Crippen LogP contribution in [0.15, 0.2) is 83.8 Å². The molecule has 1 N–H and O–H groups in total. The molecule has 0 aliphatic heterocycles. The van der Waals surface area contributed by atoms with Gasteiger partial charge in [-0.2, -0.15) is 0 Å². The second-order valence-electron chi connectivity index (χ2n) is 9.13. The number of hydrogen-bond acceptors (Lipinski definition) is 4. The van der Waals surface area contributed by atoms with E-state index in [1.807, 2.05) is 38.1 Å². The number of nitrogens with one attached hydrogen (secondary N) is 1. The van der Waals surface area contributed by atoms with Crippen molar-refractivity contribution in [1.29, 1.82) is 0 Å². The zero-order chi connectivity index (χ0) is 27.7. The summed E-state index contributed by atoms with van der Waals surface area (Å²) in [6.07, 6.45) is 1.75. The average molecular weight is 556 g/mol. The van der Waals surface area contributed by atoms with Crippen LogP contribution in [-0.4, -0.2) is 44.3 Å². The van der Waals surface area contributed by atoms with Crippen LogP contribution in [0.3, 0.4) is 0 Å². The van der Waals surface area contributed by atoms with Crippen molar-refractivity contribution in [3.63, 3.8) is 0 Å². The van der Waals surface area contributed by atoms with Crippen LogP contribution in [0.25, 0.3) is 0 Å². The van der Waals surface area contributed by atoms with E-state index in [9.17, 15) is 18.0 Å². The Kier molecular flexibility index (Phi) is 10.3. The van der Waals surface area contributed by atoms with E-state index in [0.717, 1.165) is 28.3 Å². The van der Waals surface area contributed by atoms with Gasteiger partial charge in [-0.3, -0.25) is 13.9 Å². The van der Waals surface area contributed by atoms with Gasteiger partial charge in [-0.25, -0.2) is 8.42 Å². The fraction of sp³-hybridized carbons (Fsp3) is 0.310. The number of rotatable bonds is 12. The fourth-order valence-corrected chi connectivity index (χ4v) is 5.43. The molecule has 0 heterocycles. The molecular formula is C29H34ClN3O4S. The molecule has 0 radical (unpaired) electrons. The summed E-state index contributed by atoms with van der Waals surface area (Å²) >= 11 is 6.05. The summed E-state index contributed by atoms with van der Waals surface area (Å²) < 4.78 is 28.4. The van der Waals surface area contributed by atoms with E-state index in [-0.39, 0.29) is 17.3 Å². The number of hydrogen-bond donors (Lipinski definition) is 1. The van der Waals surface area contributed by atoms with Gasteiger partial charge in [0.15, 0.2) is 0 Å². The molecule has 38 heavy (non-hydrogen) atoms.